The van der Waals surface area contributed by atoms with E-state index in [0.29, 0.717) is 69.2 Å². The molecule has 0 radical (unpaired) electrons. The molecular formula is C46H49ClF3N5O6S3. The van der Waals surface area contributed by atoms with Crippen LogP contribution in [-0.2, 0) is 24.6 Å². The fourth-order valence-electron chi connectivity index (χ4n) is 7.94. The van der Waals surface area contributed by atoms with Gasteiger partial charge in [-0.25, -0.2) is 21.6 Å². The fraction of sp³-hybridized carbons (Fsp3) is 0.326. The van der Waals surface area contributed by atoms with Gasteiger partial charge in [0.2, 0.25) is 0 Å². The van der Waals surface area contributed by atoms with Crippen molar-refractivity contribution in [2.45, 2.75) is 51.5 Å². The van der Waals surface area contributed by atoms with Crippen molar-refractivity contribution in [3.8, 4) is 11.1 Å². The molecule has 1 amide bonds. The highest BCUT2D eigenvalue weighted by Gasteiger charge is 2.48. The van der Waals surface area contributed by atoms with Gasteiger partial charge in [0.15, 0.2) is 0 Å². The van der Waals surface area contributed by atoms with Gasteiger partial charge in [0.05, 0.1) is 23.8 Å². The maximum Gasteiger partial charge on any atom is 0.501 e. The zero-order valence-corrected chi connectivity index (χ0v) is 37.9. The number of thioether (sulfide) groups is 1. The molecule has 2 fully saturated rings. The number of alkyl halides is 3. The van der Waals surface area contributed by atoms with Crippen molar-refractivity contribution in [3.05, 3.63) is 137 Å². The summed E-state index contributed by atoms with van der Waals surface area (Å²) >= 11 is 7.57. The van der Waals surface area contributed by atoms with E-state index in [1.165, 1.54) is 23.9 Å². The molecule has 18 heteroatoms. The SMILES string of the molecule is NC(c1ccccc1-c1ccc(Cl)cc1)C1CCN(c2ccc(C(=O)NS(=O)(=O)c3ccc(N[C@H](CCN4CCOCC4)CSc4ccccc4)c(S(=O)(=O)C(F)(F)F)c3)cc2)CC1. The van der Waals surface area contributed by atoms with Gasteiger partial charge in [-0.05, 0) is 109 Å². The predicted molar refractivity (Wildman–Crippen MR) is 246 cm³/mol. The van der Waals surface area contributed by atoms with E-state index < -0.39 is 52.8 Å². The van der Waals surface area contributed by atoms with E-state index in [1.807, 2.05) is 71.5 Å². The van der Waals surface area contributed by atoms with E-state index >= 15 is 0 Å². The summed E-state index contributed by atoms with van der Waals surface area (Å²) in [7, 11) is -10.9. The summed E-state index contributed by atoms with van der Waals surface area (Å²) in [6.07, 6.45) is 2.05. The monoisotopic (exact) mass is 955 g/mol. The van der Waals surface area contributed by atoms with Gasteiger partial charge in [0.1, 0.15) is 4.90 Å². The van der Waals surface area contributed by atoms with Crippen molar-refractivity contribution in [1.82, 2.24) is 9.62 Å². The average molecular weight is 957 g/mol. The smallest absolute Gasteiger partial charge is 0.380 e. The zero-order valence-electron chi connectivity index (χ0n) is 34.7. The molecule has 0 aromatic heterocycles. The lowest BCUT2D eigenvalue weighted by atomic mass is 9.83. The first-order valence-corrected chi connectivity index (χ1v) is 25.1. The van der Waals surface area contributed by atoms with Gasteiger partial charge >= 0.3 is 5.51 Å². The van der Waals surface area contributed by atoms with E-state index in [4.69, 9.17) is 22.1 Å². The Hall–Kier alpha value is -4.62. The number of piperidine rings is 1. The van der Waals surface area contributed by atoms with Crippen LogP contribution in [0.15, 0.2) is 136 Å². The number of nitrogens with one attached hydrogen (secondary N) is 2. The molecule has 1 unspecified atom stereocenters. The molecule has 7 rings (SSSR count). The van der Waals surface area contributed by atoms with E-state index in [2.05, 4.69) is 27.2 Å². The molecule has 340 valence electrons. The molecule has 5 aromatic rings. The number of anilines is 2. The number of rotatable bonds is 16. The maximum absolute atomic E-state index is 14.2. The number of amides is 1. The average Bonchev–Trinajstić information content (AvgIpc) is 3.30. The largest absolute Gasteiger partial charge is 0.501 e. The summed E-state index contributed by atoms with van der Waals surface area (Å²) in [5, 5.41) is 3.64. The lowest BCUT2D eigenvalue weighted by Crippen LogP contribution is -2.39. The number of sulfone groups is 1. The molecule has 2 heterocycles. The lowest BCUT2D eigenvalue weighted by molar-refractivity contribution is -0.0435. The number of sulfonamides is 1. The van der Waals surface area contributed by atoms with Crippen LogP contribution in [0.2, 0.25) is 5.02 Å². The normalized spacial score (nSPS) is 16.5. The van der Waals surface area contributed by atoms with Crippen molar-refractivity contribution in [2.75, 3.05) is 61.9 Å². The van der Waals surface area contributed by atoms with Gasteiger partial charge in [-0.1, -0.05) is 66.2 Å². The Morgan fingerprint density at radius 2 is 1.50 bits per heavy atom. The summed E-state index contributed by atoms with van der Waals surface area (Å²) in [5.74, 6) is -0.474. The number of hydrogen-bond acceptors (Lipinski definition) is 11. The Kier molecular flexibility index (Phi) is 15.3. The Bertz CT molecular complexity index is 2590. The Balaban J connectivity index is 1.02. The predicted octanol–water partition coefficient (Wildman–Crippen LogP) is 8.63. The van der Waals surface area contributed by atoms with Gasteiger partial charge in [-0.15, -0.1) is 11.8 Å². The van der Waals surface area contributed by atoms with Gasteiger partial charge in [0.25, 0.3) is 25.8 Å². The highest BCUT2D eigenvalue weighted by atomic mass is 35.5. The standard InChI is InChI=1S/C46H49ClF3N5O6S3/c47-35-14-10-32(11-15-35)40-8-4-5-9-41(40)44(51)33-20-24-55(25-21-33)37-16-12-34(13-17-37)45(56)53-64(59,60)39-18-19-42(43(30-39)63(57,58)46(48,49)50)52-36(22-23-54-26-28-61-29-27-54)31-62-38-6-2-1-3-7-38/h1-19,30,33,36,44,52H,20-29,31,51H2,(H,53,56)/t36-,44?/m1/s1. The fourth-order valence-corrected chi connectivity index (χ4v) is 11.1. The quantitative estimate of drug-likeness (QED) is 0.0816. The maximum atomic E-state index is 14.2. The van der Waals surface area contributed by atoms with Crippen molar-refractivity contribution in [2.24, 2.45) is 11.7 Å². The zero-order chi connectivity index (χ0) is 45.5. The first kappa shape index (κ1) is 47.3. The third-order valence-corrected chi connectivity index (χ3v) is 15.8. The molecule has 2 aliphatic heterocycles. The molecule has 11 nitrogen and oxygen atoms in total. The number of benzene rings is 5. The van der Waals surface area contributed by atoms with E-state index in [-0.39, 0.29) is 17.5 Å². The molecule has 64 heavy (non-hydrogen) atoms. The third kappa shape index (κ3) is 11.6. The topological polar surface area (TPSA) is 151 Å². The first-order chi connectivity index (χ1) is 30.6. The molecule has 0 spiro atoms. The van der Waals surface area contributed by atoms with Crippen LogP contribution in [0.4, 0.5) is 24.5 Å². The number of ether oxygens (including phenoxy) is 1. The second-order valence-electron chi connectivity index (χ2n) is 15.7. The summed E-state index contributed by atoms with van der Waals surface area (Å²) in [5.41, 5.74) is 4.65. The van der Waals surface area contributed by atoms with Crippen molar-refractivity contribution in [3.63, 3.8) is 0 Å². The molecule has 4 N–H and O–H groups in total. The molecule has 0 saturated carbocycles. The summed E-state index contributed by atoms with van der Waals surface area (Å²) in [6.45, 7) is 4.38. The van der Waals surface area contributed by atoms with Gasteiger partial charge < -0.3 is 20.7 Å². The molecule has 2 atom stereocenters. The highest BCUT2D eigenvalue weighted by molar-refractivity contribution is 7.99. The van der Waals surface area contributed by atoms with Crippen LogP contribution in [0.1, 0.15) is 41.2 Å². The minimum Gasteiger partial charge on any atom is -0.380 e. The Labute approximate surface area is 381 Å². The van der Waals surface area contributed by atoms with Crippen LogP contribution in [-0.4, -0.2) is 90.9 Å². The van der Waals surface area contributed by atoms with Crippen LogP contribution < -0.4 is 20.7 Å². The van der Waals surface area contributed by atoms with E-state index in [1.54, 1.807) is 12.1 Å². The van der Waals surface area contributed by atoms with Crippen LogP contribution in [0.3, 0.4) is 0 Å². The van der Waals surface area contributed by atoms with Crippen molar-refractivity contribution < 1.29 is 39.5 Å². The van der Waals surface area contributed by atoms with Gasteiger partial charge in [-0.3, -0.25) is 9.69 Å². The third-order valence-electron chi connectivity index (χ3n) is 11.6. The van der Waals surface area contributed by atoms with Crippen LogP contribution in [0, 0.1) is 5.92 Å². The second kappa shape index (κ2) is 20.7. The molecule has 2 saturated heterocycles. The molecule has 0 aliphatic carbocycles. The van der Waals surface area contributed by atoms with Crippen LogP contribution in [0.5, 0.6) is 0 Å². The van der Waals surface area contributed by atoms with Crippen molar-refractivity contribution >= 4 is 60.5 Å². The Morgan fingerprint density at radius 3 is 2.17 bits per heavy atom. The minimum atomic E-state index is -6.06. The summed E-state index contributed by atoms with van der Waals surface area (Å²) in [6, 6.07) is 33.1. The molecule has 2 aliphatic rings. The first-order valence-electron chi connectivity index (χ1n) is 20.8. The Morgan fingerprint density at radius 1 is 0.844 bits per heavy atom. The van der Waals surface area contributed by atoms with Gasteiger partial charge in [0, 0.05) is 71.7 Å². The van der Waals surface area contributed by atoms with E-state index in [9.17, 15) is 34.8 Å². The molecule has 5 aromatic carbocycles. The summed E-state index contributed by atoms with van der Waals surface area (Å²) < 4.78 is 103. The highest BCUT2D eigenvalue weighted by Crippen LogP contribution is 2.38. The number of carbonyl (C=O) groups excluding carboxylic acids is 1. The summed E-state index contributed by atoms with van der Waals surface area (Å²) in [4.78, 5) is 16.4. The van der Waals surface area contributed by atoms with Crippen LogP contribution >= 0.6 is 23.4 Å². The van der Waals surface area contributed by atoms with E-state index in [0.717, 1.165) is 52.2 Å². The van der Waals surface area contributed by atoms with Crippen molar-refractivity contribution in [1.29, 1.82) is 0 Å². The second-order valence-corrected chi connectivity index (χ2v) is 20.9. The number of nitrogens with two attached hydrogens (primary N) is 1. The number of carbonyl (C=O) groups is 1. The van der Waals surface area contributed by atoms with Crippen LogP contribution in [0.25, 0.3) is 11.1 Å². The number of halogens is 4. The van der Waals surface area contributed by atoms with Gasteiger partial charge in [-0.2, -0.15) is 13.2 Å². The number of morpholine rings is 1. The lowest BCUT2D eigenvalue weighted by Gasteiger charge is -2.36. The minimum absolute atomic E-state index is 0.0245. The number of hydrogen-bond donors (Lipinski definition) is 3. The molecular weight excluding hydrogens is 907 g/mol. The molecule has 0 bridgehead atoms. The number of nitrogens with zero attached hydrogens (tertiary/aromatic N) is 2.